The Bertz CT molecular complexity index is 611. The number of benzene rings is 1. The Kier molecular flexibility index (Phi) is 4.48. The van der Waals surface area contributed by atoms with Crippen molar-refractivity contribution in [2.45, 2.75) is 16.5 Å². The van der Waals surface area contributed by atoms with Crippen molar-refractivity contribution in [3.05, 3.63) is 41.7 Å². The number of thioether (sulfide) groups is 1. The molecule has 21 heavy (non-hydrogen) atoms. The molecule has 0 aliphatic rings. The Labute approximate surface area is 123 Å². The minimum atomic E-state index is -4.33. The molecule has 8 heteroatoms. The molecule has 2 rings (SSSR count). The summed E-state index contributed by atoms with van der Waals surface area (Å²) in [6.07, 6.45) is 0.435. The predicted molar refractivity (Wildman–Crippen MR) is 72.2 cm³/mol. The lowest BCUT2D eigenvalue weighted by atomic mass is 10.1. The number of alkyl halides is 3. The number of nitrogens with zero attached hydrogens (tertiary/aromatic N) is 2. The molecule has 2 aromatic rings. The van der Waals surface area contributed by atoms with Crippen LogP contribution in [0.15, 0.2) is 35.4 Å². The maximum atomic E-state index is 12.3. The molecule has 4 nitrogen and oxygen atoms in total. The van der Waals surface area contributed by atoms with Crippen molar-refractivity contribution in [3.8, 4) is 5.75 Å². The quantitative estimate of drug-likeness (QED) is 0.880. The van der Waals surface area contributed by atoms with Gasteiger partial charge in [0, 0.05) is 11.9 Å². The largest absolute Gasteiger partial charge is 0.493 e. The van der Waals surface area contributed by atoms with Crippen molar-refractivity contribution in [3.63, 3.8) is 0 Å². The van der Waals surface area contributed by atoms with Crippen molar-refractivity contribution >= 4 is 11.8 Å². The Morgan fingerprint density at radius 3 is 2.43 bits per heavy atom. The number of aliphatic hydroxyl groups is 1. The van der Waals surface area contributed by atoms with Gasteiger partial charge in [0.25, 0.3) is 0 Å². The van der Waals surface area contributed by atoms with Crippen LogP contribution in [0.5, 0.6) is 5.75 Å². The summed E-state index contributed by atoms with van der Waals surface area (Å²) >= 11 is -0.194. The van der Waals surface area contributed by atoms with E-state index >= 15 is 0 Å². The van der Waals surface area contributed by atoms with Crippen molar-refractivity contribution in [2.75, 3.05) is 7.11 Å². The van der Waals surface area contributed by atoms with Gasteiger partial charge in [0.15, 0.2) is 5.75 Å². The van der Waals surface area contributed by atoms with Crippen molar-refractivity contribution in [1.82, 2.24) is 9.78 Å². The molecule has 0 saturated heterocycles. The van der Waals surface area contributed by atoms with Gasteiger partial charge in [-0.25, -0.2) is 0 Å². The first-order valence-corrected chi connectivity index (χ1v) is 6.73. The van der Waals surface area contributed by atoms with Crippen LogP contribution >= 0.6 is 11.8 Å². The molecular weight excluding hydrogens is 305 g/mol. The van der Waals surface area contributed by atoms with Gasteiger partial charge in [-0.15, -0.1) is 0 Å². The summed E-state index contributed by atoms with van der Waals surface area (Å²) in [5.74, 6) is 0.416. The van der Waals surface area contributed by atoms with Crippen LogP contribution in [-0.2, 0) is 7.05 Å². The van der Waals surface area contributed by atoms with Crippen molar-refractivity contribution in [2.24, 2.45) is 7.05 Å². The van der Waals surface area contributed by atoms with Crippen LogP contribution in [0.4, 0.5) is 13.2 Å². The first-order chi connectivity index (χ1) is 9.81. The highest BCUT2D eigenvalue weighted by Gasteiger charge is 2.29. The number of halogens is 3. The van der Waals surface area contributed by atoms with Crippen LogP contribution in [0.1, 0.15) is 17.4 Å². The summed E-state index contributed by atoms with van der Waals surface area (Å²) in [5.41, 5.74) is -3.43. The average molecular weight is 318 g/mol. The number of aromatic nitrogens is 2. The number of ether oxygens (including phenoxy) is 1. The summed E-state index contributed by atoms with van der Waals surface area (Å²) in [7, 11) is 3.10. The minimum Gasteiger partial charge on any atom is -0.493 e. The molecule has 0 bridgehead atoms. The zero-order valence-corrected chi connectivity index (χ0v) is 12.1. The second kappa shape index (κ2) is 5.98. The smallest absolute Gasteiger partial charge is 0.446 e. The van der Waals surface area contributed by atoms with E-state index in [1.54, 1.807) is 7.05 Å². The summed E-state index contributed by atoms with van der Waals surface area (Å²) in [5, 5.41) is 14.3. The molecule has 0 spiro atoms. The van der Waals surface area contributed by atoms with Crippen LogP contribution in [-0.4, -0.2) is 27.5 Å². The van der Waals surface area contributed by atoms with Crippen LogP contribution in [0.3, 0.4) is 0 Å². The maximum absolute atomic E-state index is 12.3. The maximum Gasteiger partial charge on any atom is 0.446 e. The Morgan fingerprint density at radius 1 is 1.29 bits per heavy atom. The fourth-order valence-electron chi connectivity index (χ4n) is 1.91. The Hall–Kier alpha value is -1.67. The second-order valence-corrected chi connectivity index (χ2v) is 5.38. The summed E-state index contributed by atoms with van der Waals surface area (Å²) in [4.78, 5) is 0.0652. The zero-order valence-electron chi connectivity index (χ0n) is 11.3. The fourth-order valence-corrected chi connectivity index (χ4v) is 2.44. The monoisotopic (exact) mass is 318 g/mol. The molecule has 1 unspecified atom stereocenters. The molecule has 0 amide bonds. The molecule has 1 aromatic heterocycles. The molecule has 0 radical (unpaired) electrons. The lowest BCUT2D eigenvalue weighted by molar-refractivity contribution is -0.0328. The lowest BCUT2D eigenvalue weighted by Gasteiger charge is -2.14. The molecule has 1 heterocycles. The van der Waals surface area contributed by atoms with Gasteiger partial charge in [0.2, 0.25) is 0 Å². The molecular formula is C13H13F3N2O2S. The molecule has 1 atom stereocenters. The van der Waals surface area contributed by atoms with E-state index in [9.17, 15) is 18.3 Å². The van der Waals surface area contributed by atoms with Gasteiger partial charge in [-0.05, 0) is 29.5 Å². The first kappa shape index (κ1) is 15.7. The second-order valence-electron chi connectivity index (χ2n) is 4.24. The van der Waals surface area contributed by atoms with Gasteiger partial charge in [0.1, 0.15) is 11.8 Å². The molecule has 1 N–H and O–H groups in total. The van der Waals surface area contributed by atoms with Gasteiger partial charge in [0.05, 0.1) is 13.3 Å². The van der Waals surface area contributed by atoms with Crippen LogP contribution in [0, 0.1) is 0 Å². The molecule has 0 aliphatic heterocycles. The van der Waals surface area contributed by atoms with E-state index in [1.165, 1.54) is 42.3 Å². The van der Waals surface area contributed by atoms with Crippen LogP contribution in [0.2, 0.25) is 0 Å². The number of aliphatic hydroxyl groups excluding tert-OH is 1. The van der Waals surface area contributed by atoms with Gasteiger partial charge >= 0.3 is 5.51 Å². The summed E-state index contributed by atoms with van der Waals surface area (Å²) < 4.78 is 43.3. The Morgan fingerprint density at radius 2 is 1.90 bits per heavy atom. The van der Waals surface area contributed by atoms with E-state index < -0.39 is 11.6 Å². The van der Waals surface area contributed by atoms with E-state index in [4.69, 9.17) is 4.74 Å². The summed E-state index contributed by atoms with van der Waals surface area (Å²) in [6, 6.07) is 5.54. The third kappa shape index (κ3) is 3.70. The fraction of sp³-hybridized carbons (Fsp3) is 0.308. The topological polar surface area (TPSA) is 47.3 Å². The number of aryl methyl sites for hydroxylation is 1. The van der Waals surface area contributed by atoms with E-state index in [0.29, 0.717) is 17.0 Å². The van der Waals surface area contributed by atoms with Crippen molar-refractivity contribution < 1.29 is 23.0 Å². The third-order valence-corrected chi connectivity index (χ3v) is 3.60. The molecule has 0 aliphatic carbocycles. The molecule has 0 saturated carbocycles. The summed E-state index contributed by atoms with van der Waals surface area (Å²) in [6.45, 7) is 0. The average Bonchev–Trinajstić information content (AvgIpc) is 2.78. The van der Waals surface area contributed by atoms with Crippen LogP contribution in [0.25, 0.3) is 0 Å². The highest BCUT2D eigenvalue weighted by molar-refractivity contribution is 8.00. The zero-order chi connectivity index (χ0) is 15.6. The number of hydrogen-bond acceptors (Lipinski definition) is 4. The molecule has 1 aromatic carbocycles. The third-order valence-electron chi connectivity index (χ3n) is 2.86. The van der Waals surface area contributed by atoms with Crippen LogP contribution < -0.4 is 4.74 Å². The Balaban J connectivity index is 2.24. The molecule has 0 fully saturated rings. The predicted octanol–water partition coefficient (Wildman–Crippen LogP) is 3.12. The van der Waals surface area contributed by atoms with E-state index in [-0.39, 0.29) is 16.7 Å². The number of methoxy groups -OCH3 is 1. The minimum absolute atomic E-state index is 0.0652. The first-order valence-electron chi connectivity index (χ1n) is 5.91. The van der Waals surface area contributed by atoms with Gasteiger partial charge in [-0.2, -0.15) is 18.3 Å². The lowest BCUT2D eigenvalue weighted by Crippen LogP contribution is -2.08. The highest BCUT2D eigenvalue weighted by Crippen LogP contribution is 2.37. The standard InChI is InChI=1S/C13H13F3N2O2S/c1-18-11(10(20-2)7-17-18)12(19)8-3-5-9(6-4-8)21-13(14,15)16/h3-7,12,19H,1-2H3. The van der Waals surface area contributed by atoms with E-state index in [2.05, 4.69) is 5.10 Å². The van der Waals surface area contributed by atoms with Gasteiger partial charge < -0.3 is 9.84 Å². The highest BCUT2D eigenvalue weighted by atomic mass is 32.2. The number of rotatable bonds is 4. The van der Waals surface area contributed by atoms with Gasteiger partial charge in [-0.1, -0.05) is 12.1 Å². The van der Waals surface area contributed by atoms with Crippen molar-refractivity contribution in [1.29, 1.82) is 0 Å². The normalized spacial score (nSPS) is 13.2. The van der Waals surface area contributed by atoms with E-state index in [0.717, 1.165) is 0 Å². The molecule has 114 valence electrons. The van der Waals surface area contributed by atoms with Gasteiger partial charge in [-0.3, -0.25) is 4.68 Å². The SMILES string of the molecule is COc1cnn(C)c1C(O)c1ccc(SC(F)(F)F)cc1. The number of hydrogen-bond donors (Lipinski definition) is 1. The van der Waals surface area contributed by atoms with E-state index in [1.807, 2.05) is 0 Å².